The lowest BCUT2D eigenvalue weighted by Crippen LogP contribution is -2.22. The summed E-state index contributed by atoms with van der Waals surface area (Å²) in [5.41, 5.74) is 1.06. The maximum atomic E-state index is 13.7. The SMILES string of the molecule is CN1C(=O)SC(=Cc2cc(Br)ccc2OCc2ccccc2F)C1=O. The van der Waals surface area contributed by atoms with Gasteiger partial charge in [0.15, 0.2) is 0 Å². The predicted molar refractivity (Wildman–Crippen MR) is 98.6 cm³/mol. The zero-order chi connectivity index (χ0) is 18.0. The van der Waals surface area contributed by atoms with Crippen molar-refractivity contribution in [1.29, 1.82) is 0 Å². The molecule has 0 atom stereocenters. The summed E-state index contributed by atoms with van der Waals surface area (Å²) in [6, 6.07) is 11.7. The highest BCUT2D eigenvalue weighted by molar-refractivity contribution is 9.10. The van der Waals surface area contributed by atoms with Gasteiger partial charge in [0.1, 0.15) is 18.2 Å². The molecule has 0 bridgehead atoms. The van der Waals surface area contributed by atoms with Gasteiger partial charge in [-0.05, 0) is 42.1 Å². The first-order valence-corrected chi connectivity index (χ1v) is 8.94. The lowest BCUT2D eigenvalue weighted by Gasteiger charge is -2.11. The van der Waals surface area contributed by atoms with Crippen molar-refractivity contribution in [3.63, 3.8) is 0 Å². The van der Waals surface area contributed by atoms with Gasteiger partial charge in [0, 0.05) is 22.6 Å². The molecule has 4 nitrogen and oxygen atoms in total. The summed E-state index contributed by atoms with van der Waals surface area (Å²) in [7, 11) is 1.44. The monoisotopic (exact) mass is 421 g/mol. The zero-order valence-electron chi connectivity index (χ0n) is 13.2. The Kier molecular flexibility index (Phi) is 5.24. The van der Waals surface area contributed by atoms with Gasteiger partial charge in [-0.1, -0.05) is 34.1 Å². The number of thioether (sulfide) groups is 1. The summed E-state index contributed by atoms with van der Waals surface area (Å²) in [6.07, 6.45) is 1.61. The van der Waals surface area contributed by atoms with E-state index < -0.39 is 0 Å². The van der Waals surface area contributed by atoms with Gasteiger partial charge in [0.25, 0.3) is 11.1 Å². The van der Waals surface area contributed by atoms with E-state index in [2.05, 4.69) is 15.9 Å². The summed E-state index contributed by atoms with van der Waals surface area (Å²) < 4.78 is 20.3. The number of rotatable bonds is 4. The van der Waals surface area contributed by atoms with Crippen LogP contribution in [0.15, 0.2) is 51.8 Å². The number of carbonyl (C=O) groups is 2. The van der Waals surface area contributed by atoms with Gasteiger partial charge in [-0.25, -0.2) is 4.39 Å². The molecule has 1 heterocycles. The van der Waals surface area contributed by atoms with Crippen molar-refractivity contribution >= 4 is 44.9 Å². The fraction of sp³-hybridized carbons (Fsp3) is 0.111. The molecule has 3 rings (SSSR count). The molecule has 0 aliphatic carbocycles. The number of halogens is 2. The molecular weight excluding hydrogens is 409 g/mol. The van der Waals surface area contributed by atoms with E-state index in [1.165, 1.54) is 13.1 Å². The Morgan fingerprint density at radius 2 is 2.00 bits per heavy atom. The fourth-order valence-electron chi connectivity index (χ4n) is 2.22. The Morgan fingerprint density at radius 1 is 1.24 bits per heavy atom. The van der Waals surface area contributed by atoms with Crippen molar-refractivity contribution < 1.29 is 18.7 Å². The van der Waals surface area contributed by atoms with Crippen LogP contribution in [0.5, 0.6) is 5.75 Å². The number of hydrogen-bond donors (Lipinski definition) is 0. The molecule has 2 amide bonds. The average molecular weight is 422 g/mol. The highest BCUT2D eigenvalue weighted by atomic mass is 79.9. The second-order valence-electron chi connectivity index (χ2n) is 5.30. The molecular formula is C18H13BrFNO3S. The van der Waals surface area contributed by atoms with Gasteiger partial charge in [0.05, 0.1) is 4.91 Å². The van der Waals surface area contributed by atoms with E-state index in [-0.39, 0.29) is 23.6 Å². The molecule has 2 aromatic rings. The maximum absolute atomic E-state index is 13.7. The molecule has 1 aliphatic heterocycles. The topological polar surface area (TPSA) is 46.6 Å². The van der Waals surface area contributed by atoms with E-state index in [9.17, 15) is 14.0 Å². The number of nitrogens with zero attached hydrogens (tertiary/aromatic N) is 1. The van der Waals surface area contributed by atoms with Crippen molar-refractivity contribution in [3.05, 3.63) is 68.8 Å². The number of likely N-dealkylation sites (N-methyl/N-ethyl adjacent to an activating group) is 1. The van der Waals surface area contributed by atoms with Crippen LogP contribution in [0.2, 0.25) is 0 Å². The van der Waals surface area contributed by atoms with Gasteiger partial charge in [-0.15, -0.1) is 0 Å². The minimum atomic E-state index is -0.352. The standard InChI is InChI=1S/C18H13BrFNO3S/c1-21-17(22)16(25-18(21)23)9-12-8-13(19)6-7-15(12)24-10-11-4-2-3-5-14(11)20/h2-9H,10H2,1H3. The third kappa shape index (κ3) is 3.93. The van der Waals surface area contributed by atoms with Crippen molar-refractivity contribution in [1.82, 2.24) is 4.90 Å². The van der Waals surface area contributed by atoms with Crippen molar-refractivity contribution in [2.75, 3.05) is 7.05 Å². The van der Waals surface area contributed by atoms with Crippen LogP contribution in [0.1, 0.15) is 11.1 Å². The maximum Gasteiger partial charge on any atom is 0.293 e. The molecule has 1 aliphatic rings. The van der Waals surface area contributed by atoms with Crippen LogP contribution < -0.4 is 4.74 Å². The second-order valence-corrected chi connectivity index (χ2v) is 7.21. The molecule has 0 N–H and O–H groups in total. The third-order valence-electron chi connectivity index (χ3n) is 3.59. The Hall–Kier alpha value is -2.12. The van der Waals surface area contributed by atoms with Gasteiger partial charge in [-0.3, -0.25) is 14.5 Å². The van der Waals surface area contributed by atoms with Crippen molar-refractivity contribution in [3.8, 4) is 5.75 Å². The number of benzene rings is 2. The molecule has 1 fully saturated rings. The first-order valence-electron chi connectivity index (χ1n) is 7.33. The van der Waals surface area contributed by atoms with Crippen LogP contribution >= 0.6 is 27.7 Å². The van der Waals surface area contributed by atoms with E-state index in [0.29, 0.717) is 21.8 Å². The smallest absolute Gasteiger partial charge is 0.293 e. The predicted octanol–water partition coefficient (Wildman–Crippen LogP) is 4.83. The number of amides is 2. The van der Waals surface area contributed by atoms with Crippen LogP contribution in [-0.2, 0) is 11.4 Å². The highest BCUT2D eigenvalue weighted by Gasteiger charge is 2.32. The molecule has 0 saturated carbocycles. The normalized spacial score (nSPS) is 16.0. The van der Waals surface area contributed by atoms with E-state index >= 15 is 0 Å². The van der Waals surface area contributed by atoms with Crippen molar-refractivity contribution in [2.45, 2.75) is 6.61 Å². The van der Waals surface area contributed by atoms with E-state index in [1.807, 2.05) is 0 Å². The zero-order valence-corrected chi connectivity index (χ0v) is 15.6. The molecule has 128 valence electrons. The largest absolute Gasteiger partial charge is 0.488 e. The van der Waals surface area contributed by atoms with Crippen LogP contribution in [0.3, 0.4) is 0 Å². The van der Waals surface area contributed by atoms with Gasteiger partial charge < -0.3 is 4.74 Å². The van der Waals surface area contributed by atoms with Gasteiger partial charge in [0.2, 0.25) is 0 Å². The molecule has 25 heavy (non-hydrogen) atoms. The number of carbonyl (C=O) groups excluding carboxylic acids is 2. The van der Waals surface area contributed by atoms with Crippen LogP contribution in [0.4, 0.5) is 9.18 Å². The molecule has 0 radical (unpaired) electrons. The molecule has 1 saturated heterocycles. The number of hydrogen-bond acceptors (Lipinski definition) is 4. The summed E-state index contributed by atoms with van der Waals surface area (Å²) in [5, 5.41) is -0.319. The Bertz CT molecular complexity index is 884. The summed E-state index contributed by atoms with van der Waals surface area (Å²) in [4.78, 5) is 25.1. The first-order chi connectivity index (χ1) is 12.0. The first kappa shape index (κ1) is 17.7. The number of imide groups is 1. The molecule has 7 heteroatoms. The lowest BCUT2D eigenvalue weighted by atomic mass is 10.1. The third-order valence-corrected chi connectivity index (χ3v) is 5.04. The van der Waals surface area contributed by atoms with E-state index in [1.54, 1.807) is 42.5 Å². The Morgan fingerprint density at radius 3 is 2.68 bits per heavy atom. The van der Waals surface area contributed by atoms with Crippen LogP contribution in [0.25, 0.3) is 6.08 Å². The van der Waals surface area contributed by atoms with E-state index in [4.69, 9.17) is 4.74 Å². The molecule has 2 aromatic carbocycles. The minimum Gasteiger partial charge on any atom is -0.488 e. The van der Waals surface area contributed by atoms with E-state index in [0.717, 1.165) is 21.1 Å². The summed E-state index contributed by atoms with van der Waals surface area (Å²) in [6.45, 7) is 0.0599. The van der Waals surface area contributed by atoms with Crippen LogP contribution in [0, 0.1) is 5.82 Å². The highest BCUT2D eigenvalue weighted by Crippen LogP contribution is 2.34. The van der Waals surface area contributed by atoms with Gasteiger partial charge in [-0.2, -0.15) is 0 Å². The molecule has 0 aromatic heterocycles. The van der Waals surface area contributed by atoms with Crippen LogP contribution in [-0.4, -0.2) is 23.1 Å². The second kappa shape index (κ2) is 7.41. The molecule has 0 unspecified atom stereocenters. The fourth-order valence-corrected chi connectivity index (χ4v) is 3.42. The Balaban J connectivity index is 1.88. The molecule has 0 spiro atoms. The lowest BCUT2D eigenvalue weighted by molar-refractivity contribution is -0.121. The number of ether oxygens (including phenoxy) is 1. The minimum absolute atomic E-state index is 0.0599. The van der Waals surface area contributed by atoms with Crippen molar-refractivity contribution in [2.24, 2.45) is 0 Å². The quantitative estimate of drug-likeness (QED) is 0.663. The Labute approximate surface area is 156 Å². The van der Waals surface area contributed by atoms with Gasteiger partial charge >= 0.3 is 0 Å². The average Bonchev–Trinajstić information content (AvgIpc) is 2.82. The summed E-state index contributed by atoms with van der Waals surface area (Å²) in [5.74, 6) is -0.197. The summed E-state index contributed by atoms with van der Waals surface area (Å²) >= 11 is 4.25.